The van der Waals surface area contributed by atoms with Gasteiger partial charge in [-0.1, -0.05) is 0 Å². The Balaban J connectivity index is 2.41. The van der Waals surface area contributed by atoms with Gasteiger partial charge in [0.2, 0.25) is 5.91 Å². The molecular formula is C23H24N6O6. The summed E-state index contributed by atoms with van der Waals surface area (Å²) in [6.45, 7) is 3.43. The zero-order chi connectivity index (χ0) is 26.0. The Morgan fingerprint density at radius 3 is 2.34 bits per heavy atom. The van der Waals surface area contributed by atoms with Crippen LogP contribution in [0.3, 0.4) is 0 Å². The highest BCUT2D eigenvalue weighted by Crippen LogP contribution is 2.33. The molecule has 1 amide bonds. The average Bonchev–Trinajstić information content (AvgIpc) is 2.82. The Morgan fingerprint density at radius 2 is 1.74 bits per heavy atom. The first-order chi connectivity index (χ1) is 16.6. The second-order valence-corrected chi connectivity index (χ2v) is 7.42. The molecule has 0 atom stereocenters. The van der Waals surface area contributed by atoms with Gasteiger partial charge in [-0.15, -0.1) is 10.2 Å². The van der Waals surface area contributed by atoms with Crippen LogP contribution in [0.1, 0.15) is 32.3 Å². The van der Waals surface area contributed by atoms with Crippen molar-refractivity contribution in [1.29, 1.82) is 5.26 Å². The van der Waals surface area contributed by atoms with Crippen molar-refractivity contribution in [2.24, 2.45) is 10.2 Å². The summed E-state index contributed by atoms with van der Waals surface area (Å²) in [5.74, 6) is -0.782. The van der Waals surface area contributed by atoms with Crippen molar-refractivity contribution < 1.29 is 24.0 Å². The lowest BCUT2D eigenvalue weighted by molar-refractivity contribution is -0.384. The van der Waals surface area contributed by atoms with E-state index in [0.717, 1.165) is 6.07 Å². The topological polar surface area (TPSA) is 167 Å². The molecule has 0 heterocycles. The highest BCUT2D eigenvalue weighted by Gasteiger charge is 2.15. The number of azo groups is 1. The summed E-state index contributed by atoms with van der Waals surface area (Å²) >= 11 is 0. The van der Waals surface area contributed by atoms with E-state index < -0.39 is 10.9 Å². The summed E-state index contributed by atoms with van der Waals surface area (Å²) in [5, 5.41) is 31.0. The number of hydrogen-bond donors (Lipinski definition) is 1. The summed E-state index contributed by atoms with van der Waals surface area (Å²) in [5.41, 5.74) is 1.05. The number of esters is 1. The molecular weight excluding hydrogens is 456 g/mol. The number of carbonyl (C=O) groups excluding carboxylic acids is 3. The lowest BCUT2D eigenvalue weighted by Gasteiger charge is -2.25. The van der Waals surface area contributed by atoms with Crippen LogP contribution in [0.4, 0.5) is 28.4 Å². The number of rotatable bonds is 11. The zero-order valence-electron chi connectivity index (χ0n) is 19.5. The third-order valence-corrected chi connectivity index (χ3v) is 4.78. The molecule has 12 heteroatoms. The Kier molecular flexibility index (Phi) is 9.53. The van der Waals surface area contributed by atoms with E-state index >= 15 is 0 Å². The van der Waals surface area contributed by atoms with Gasteiger partial charge in [0.25, 0.3) is 5.69 Å². The fourth-order valence-corrected chi connectivity index (χ4v) is 3.01. The second kappa shape index (κ2) is 12.5. The van der Waals surface area contributed by atoms with E-state index in [1.165, 1.54) is 33.1 Å². The molecule has 0 unspecified atom stereocenters. The minimum atomic E-state index is -0.618. The van der Waals surface area contributed by atoms with Gasteiger partial charge in [-0.05, 0) is 31.2 Å². The van der Waals surface area contributed by atoms with E-state index in [2.05, 4.69) is 15.5 Å². The first kappa shape index (κ1) is 26.6. The van der Waals surface area contributed by atoms with Gasteiger partial charge < -0.3 is 15.0 Å². The summed E-state index contributed by atoms with van der Waals surface area (Å²) in [6, 6.07) is 10.4. The second-order valence-electron chi connectivity index (χ2n) is 7.42. The number of ketones is 1. The number of carbonyl (C=O) groups is 3. The van der Waals surface area contributed by atoms with E-state index in [-0.39, 0.29) is 53.7 Å². The van der Waals surface area contributed by atoms with Gasteiger partial charge >= 0.3 is 5.97 Å². The highest BCUT2D eigenvalue weighted by atomic mass is 16.6. The van der Waals surface area contributed by atoms with Crippen LogP contribution in [0.25, 0.3) is 0 Å². The van der Waals surface area contributed by atoms with Gasteiger partial charge in [0.05, 0.1) is 29.7 Å². The number of nitro benzene ring substituents is 1. The van der Waals surface area contributed by atoms with Crippen LogP contribution in [-0.2, 0) is 19.1 Å². The molecule has 0 aliphatic heterocycles. The van der Waals surface area contributed by atoms with E-state index in [9.17, 15) is 29.8 Å². The van der Waals surface area contributed by atoms with Crippen LogP contribution in [0, 0.1) is 21.4 Å². The molecule has 2 aromatic rings. The summed E-state index contributed by atoms with van der Waals surface area (Å²) in [7, 11) is 1.29. The average molecular weight is 480 g/mol. The minimum Gasteiger partial charge on any atom is -0.469 e. The zero-order valence-corrected chi connectivity index (χ0v) is 19.5. The standard InChI is InChI=1S/C23H24N6O6/c1-15(30)8-10-28(11-9-23(32)35-3)18-4-7-21(22(13-18)25-16(2)31)27-26-20-6-5-19(29(33)34)12-17(20)14-24/h4-7,12-13H,8-11H2,1-3H3,(H,25,31). The van der Waals surface area contributed by atoms with Crippen LogP contribution in [-0.4, -0.2) is 42.8 Å². The number of nitro groups is 1. The molecule has 35 heavy (non-hydrogen) atoms. The maximum Gasteiger partial charge on any atom is 0.307 e. The summed E-state index contributed by atoms with van der Waals surface area (Å²) in [4.78, 5) is 47.0. The van der Waals surface area contributed by atoms with Gasteiger partial charge in [0, 0.05) is 44.3 Å². The maximum atomic E-state index is 11.8. The number of ether oxygens (including phenoxy) is 1. The van der Waals surface area contributed by atoms with Gasteiger partial charge in [0.1, 0.15) is 23.2 Å². The molecule has 0 saturated carbocycles. The van der Waals surface area contributed by atoms with Crippen LogP contribution in [0.15, 0.2) is 46.6 Å². The van der Waals surface area contributed by atoms with Gasteiger partial charge in [-0.2, -0.15) is 5.26 Å². The lowest BCUT2D eigenvalue weighted by atomic mass is 10.2. The van der Waals surface area contributed by atoms with Gasteiger partial charge in [-0.3, -0.25) is 24.5 Å². The molecule has 0 aromatic heterocycles. The van der Waals surface area contributed by atoms with E-state index in [0.29, 0.717) is 17.9 Å². The molecule has 0 saturated heterocycles. The highest BCUT2D eigenvalue weighted by molar-refractivity contribution is 5.93. The fraction of sp³-hybridized carbons (Fsp3) is 0.304. The van der Waals surface area contributed by atoms with Crippen molar-refractivity contribution in [3.05, 3.63) is 52.1 Å². The third-order valence-electron chi connectivity index (χ3n) is 4.78. The largest absolute Gasteiger partial charge is 0.469 e. The molecule has 182 valence electrons. The molecule has 0 fully saturated rings. The lowest BCUT2D eigenvalue weighted by Crippen LogP contribution is -2.28. The number of Topliss-reactive ketones (excluding diaryl/α,β-unsaturated/α-hetero) is 1. The number of nitriles is 1. The number of nitrogens with zero attached hydrogens (tertiary/aromatic N) is 5. The molecule has 1 N–H and O–H groups in total. The first-order valence-electron chi connectivity index (χ1n) is 10.5. The summed E-state index contributed by atoms with van der Waals surface area (Å²) in [6.07, 6.45) is 0.359. The van der Waals surface area contributed by atoms with Crippen LogP contribution < -0.4 is 10.2 Å². The number of amides is 1. The summed E-state index contributed by atoms with van der Waals surface area (Å²) < 4.78 is 4.69. The molecule has 0 radical (unpaired) electrons. The monoisotopic (exact) mass is 480 g/mol. The number of benzene rings is 2. The van der Waals surface area contributed by atoms with Crippen molar-refractivity contribution in [3.8, 4) is 6.07 Å². The minimum absolute atomic E-state index is 0.0167. The van der Waals surface area contributed by atoms with Gasteiger partial charge in [0.15, 0.2) is 0 Å². The fourth-order valence-electron chi connectivity index (χ4n) is 3.01. The molecule has 0 bridgehead atoms. The predicted molar refractivity (Wildman–Crippen MR) is 127 cm³/mol. The van der Waals surface area contributed by atoms with E-state index in [1.54, 1.807) is 18.2 Å². The van der Waals surface area contributed by atoms with Crippen molar-refractivity contribution in [2.75, 3.05) is 30.4 Å². The van der Waals surface area contributed by atoms with Crippen LogP contribution >= 0.6 is 0 Å². The van der Waals surface area contributed by atoms with E-state index in [1.807, 2.05) is 11.0 Å². The van der Waals surface area contributed by atoms with E-state index in [4.69, 9.17) is 4.74 Å². The molecule has 12 nitrogen and oxygen atoms in total. The Hall–Kier alpha value is -4.66. The maximum absolute atomic E-state index is 11.8. The molecule has 2 aromatic carbocycles. The van der Waals surface area contributed by atoms with Crippen molar-refractivity contribution in [3.63, 3.8) is 0 Å². The first-order valence-corrected chi connectivity index (χ1v) is 10.5. The van der Waals surface area contributed by atoms with Crippen LogP contribution in [0.5, 0.6) is 0 Å². The number of methoxy groups -OCH3 is 1. The normalized spacial score (nSPS) is 10.5. The molecule has 0 spiro atoms. The van der Waals surface area contributed by atoms with Crippen molar-refractivity contribution in [2.45, 2.75) is 26.7 Å². The molecule has 0 aliphatic rings. The SMILES string of the molecule is COC(=O)CCN(CCC(C)=O)c1ccc(N=Nc2ccc([N+](=O)[O-])cc2C#N)c(NC(C)=O)c1. The third kappa shape index (κ3) is 8.01. The van der Waals surface area contributed by atoms with Crippen molar-refractivity contribution in [1.82, 2.24) is 0 Å². The Labute approximate surface area is 201 Å². The quantitative estimate of drug-likeness (QED) is 0.216. The molecule has 0 aliphatic carbocycles. The number of non-ortho nitro benzene ring substituents is 1. The smallest absolute Gasteiger partial charge is 0.307 e. The number of nitrogens with one attached hydrogen (secondary N) is 1. The molecule has 2 rings (SSSR count). The Morgan fingerprint density at radius 1 is 1.09 bits per heavy atom. The van der Waals surface area contributed by atoms with Crippen LogP contribution in [0.2, 0.25) is 0 Å². The van der Waals surface area contributed by atoms with Crippen molar-refractivity contribution >= 4 is 46.1 Å². The number of anilines is 2. The Bertz CT molecular complexity index is 1200. The predicted octanol–water partition coefficient (Wildman–Crippen LogP) is 4.19. The van der Waals surface area contributed by atoms with Gasteiger partial charge in [-0.25, -0.2) is 0 Å². The number of hydrogen-bond acceptors (Lipinski definition) is 10.